The van der Waals surface area contributed by atoms with Gasteiger partial charge in [-0.2, -0.15) is 0 Å². The van der Waals surface area contributed by atoms with Gasteiger partial charge in [-0.1, -0.05) is 54.9 Å². The van der Waals surface area contributed by atoms with Crippen molar-refractivity contribution in [2.45, 2.75) is 39.4 Å². The highest BCUT2D eigenvalue weighted by atomic mass is 35.5. The van der Waals surface area contributed by atoms with E-state index in [-0.39, 0.29) is 18.0 Å². The van der Waals surface area contributed by atoms with E-state index in [1.807, 2.05) is 25.1 Å². The third-order valence-corrected chi connectivity index (χ3v) is 5.68. The number of aromatic nitrogens is 2. The molecule has 0 saturated carbocycles. The molecular formula is C24H25ClN4O2. The van der Waals surface area contributed by atoms with Crippen LogP contribution in [-0.4, -0.2) is 26.9 Å². The van der Waals surface area contributed by atoms with Gasteiger partial charge in [0, 0.05) is 43.2 Å². The maximum absolute atomic E-state index is 13.3. The lowest BCUT2D eigenvalue weighted by Gasteiger charge is -2.28. The third kappa shape index (κ3) is 5.03. The average Bonchev–Trinajstić information content (AvgIpc) is 2.76. The van der Waals surface area contributed by atoms with Crippen LogP contribution >= 0.6 is 11.6 Å². The number of hydrogen-bond donors (Lipinski definition) is 1. The van der Waals surface area contributed by atoms with Crippen molar-refractivity contribution in [1.82, 2.24) is 14.5 Å². The van der Waals surface area contributed by atoms with Crippen LogP contribution < -0.4 is 10.9 Å². The summed E-state index contributed by atoms with van der Waals surface area (Å²) < 4.78 is 1.50. The van der Waals surface area contributed by atoms with Gasteiger partial charge >= 0.3 is 0 Å². The van der Waals surface area contributed by atoms with Crippen molar-refractivity contribution in [2.75, 3.05) is 11.9 Å². The molecule has 0 atom stereocenters. The average molecular weight is 437 g/mol. The number of carbonyl (C=O) groups excluding carboxylic acids is 1. The predicted molar refractivity (Wildman–Crippen MR) is 122 cm³/mol. The Kier molecular flexibility index (Phi) is 6.49. The Morgan fingerprint density at radius 3 is 2.71 bits per heavy atom. The summed E-state index contributed by atoms with van der Waals surface area (Å²) in [6.07, 6.45) is 1.32. The highest BCUT2D eigenvalue weighted by Crippen LogP contribution is 2.18. The summed E-state index contributed by atoms with van der Waals surface area (Å²) in [6.45, 7) is 4.05. The van der Waals surface area contributed by atoms with Gasteiger partial charge in [0.15, 0.2) is 0 Å². The molecular weight excluding hydrogens is 412 g/mol. The fourth-order valence-electron chi connectivity index (χ4n) is 3.94. The van der Waals surface area contributed by atoms with Gasteiger partial charge in [0.05, 0.1) is 11.3 Å². The molecule has 0 unspecified atom stereocenters. The molecule has 1 aliphatic heterocycles. The number of carbonyl (C=O) groups is 1. The molecule has 0 fully saturated rings. The zero-order valence-electron chi connectivity index (χ0n) is 17.5. The molecule has 2 heterocycles. The number of nitrogens with one attached hydrogen (secondary N) is 1. The molecule has 1 N–H and O–H groups in total. The van der Waals surface area contributed by atoms with E-state index in [0.29, 0.717) is 35.1 Å². The molecule has 1 aromatic heterocycles. The van der Waals surface area contributed by atoms with Crippen LogP contribution in [0.3, 0.4) is 0 Å². The van der Waals surface area contributed by atoms with Crippen LogP contribution in [0.2, 0.25) is 5.02 Å². The highest BCUT2D eigenvalue weighted by Gasteiger charge is 2.24. The second-order valence-electron chi connectivity index (χ2n) is 7.70. The number of aryl methyl sites for hydroxylation is 1. The summed E-state index contributed by atoms with van der Waals surface area (Å²) in [4.78, 5) is 33.0. The summed E-state index contributed by atoms with van der Waals surface area (Å²) in [5.41, 5.74) is 3.24. The largest absolute Gasteiger partial charge is 0.324 e. The van der Waals surface area contributed by atoms with E-state index in [1.54, 1.807) is 24.3 Å². The molecule has 6 nitrogen and oxygen atoms in total. The quantitative estimate of drug-likeness (QED) is 0.640. The van der Waals surface area contributed by atoms with Gasteiger partial charge in [-0.05, 0) is 23.8 Å². The number of benzene rings is 2. The number of nitrogens with zero attached hydrogens (tertiary/aromatic N) is 3. The Bertz CT molecular complexity index is 1140. The van der Waals surface area contributed by atoms with Crippen LogP contribution in [0.5, 0.6) is 0 Å². The fraction of sp³-hybridized carbons (Fsp3) is 0.292. The van der Waals surface area contributed by atoms with E-state index in [9.17, 15) is 9.59 Å². The van der Waals surface area contributed by atoms with Gasteiger partial charge in [-0.15, -0.1) is 0 Å². The molecule has 0 spiro atoms. The first kappa shape index (κ1) is 21.3. The van der Waals surface area contributed by atoms with Gasteiger partial charge in [-0.3, -0.25) is 19.1 Å². The van der Waals surface area contributed by atoms with Crippen LogP contribution in [0.25, 0.3) is 0 Å². The van der Waals surface area contributed by atoms with Crippen molar-refractivity contribution in [3.05, 3.63) is 92.6 Å². The maximum atomic E-state index is 13.3. The lowest BCUT2D eigenvalue weighted by atomic mass is 10.1. The highest BCUT2D eigenvalue weighted by molar-refractivity contribution is 6.30. The standard InChI is InChI=1S/C24H25ClN4O2/c1-2-22-27-21-11-12-28(14-17-7-4-3-5-8-17)15-20(21)24(31)29(22)16-23(30)26-19-10-6-9-18(25)13-19/h3-10,13H,2,11-12,14-16H2,1H3,(H,26,30). The Morgan fingerprint density at radius 2 is 1.97 bits per heavy atom. The van der Waals surface area contributed by atoms with E-state index in [1.165, 1.54) is 10.1 Å². The Morgan fingerprint density at radius 1 is 1.16 bits per heavy atom. The number of halogens is 1. The summed E-state index contributed by atoms with van der Waals surface area (Å²) >= 11 is 5.99. The third-order valence-electron chi connectivity index (χ3n) is 5.45. The molecule has 160 valence electrons. The first-order chi connectivity index (χ1) is 15.0. The summed E-state index contributed by atoms with van der Waals surface area (Å²) in [7, 11) is 0. The fourth-order valence-corrected chi connectivity index (χ4v) is 4.13. The molecule has 4 rings (SSSR count). The SMILES string of the molecule is CCc1nc2c(c(=O)n1CC(=O)Nc1cccc(Cl)c1)CN(Cc1ccccc1)CC2. The zero-order valence-corrected chi connectivity index (χ0v) is 18.2. The molecule has 7 heteroatoms. The van der Waals surface area contributed by atoms with Crippen molar-refractivity contribution in [1.29, 1.82) is 0 Å². The summed E-state index contributed by atoms with van der Waals surface area (Å²) in [5, 5.41) is 3.35. The minimum Gasteiger partial charge on any atom is -0.324 e. The molecule has 0 saturated heterocycles. The van der Waals surface area contributed by atoms with E-state index >= 15 is 0 Å². The predicted octanol–water partition coefficient (Wildman–Crippen LogP) is 3.66. The Labute approximate surface area is 186 Å². The van der Waals surface area contributed by atoms with Crippen molar-refractivity contribution in [3.8, 4) is 0 Å². The summed E-state index contributed by atoms with van der Waals surface area (Å²) in [6, 6.07) is 17.2. The molecule has 2 aromatic carbocycles. The second kappa shape index (κ2) is 9.45. The van der Waals surface area contributed by atoms with Crippen LogP contribution in [0.15, 0.2) is 59.4 Å². The Balaban J connectivity index is 1.55. The molecule has 3 aromatic rings. The zero-order chi connectivity index (χ0) is 21.8. The van der Waals surface area contributed by atoms with Gasteiger partial charge in [0.2, 0.25) is 5.91 Å². The lowest BCUT2D eigenvalue weighted by Crippen LogP contribution is -2.40. The van der Waals surface area contributed by atoms with E-state index in [2.05, 4.69) is 22.3 Å². The molecule has 0 aliphatic carbocycles. The van der Waals surface area contributed by atoms with Crippen molar-refractivity contribution in [3.63, 3.8) is 0 Å². The van der Waals surface area contributed by atoms with E-state index < -0.39 is 0 Å². The maximum Gasteiger partial charge on any atom is 0.258 e. The second-order valence-corrected chi connectivity index (χ2v) is 8.14. The first-order valence-electron chi connectivity index (χ1n) is 10.5. The summed E-state index contributed by atoms with van der Waals surface area (Å²) in [5.74, 6) is 0.360. The lowest BCUT2D eigenvalue weighted by molar-refractivity contribution is -0.116. The van der Waals surface area contributed by atoms with Crippen LogP contribution in [0, 0.1) is 0 Å². The van der Waals surface area contributed by atoms with Gasteiger partial charge in [-0.25, -0.2) is 4.98 Å². The van der Waals surface area contributed by atoms with Crippen LogP contribution in [0.1, 0.15) is 29.6 Å². The molecule has 31 heavy (non-hydrogen) atoms. The van der Waals surface area contributed by atoms with Gasteiger partial charge in [0.1, 0.15) is 12.4 Å². The minimum atomic E-state index is -0.280. The number of anilines is 1. The van der Waals surface area contributed by atoms with Gasteiger partial charge < -0.3 is 5.32 Å². The van der Waals surface area contributed by atoms with E-state index in [4.69, 9.17) is 16.6 Å². The van der Waals surface area contributed by atoms with Crippen molar-refractivity contribution >= 4 is 23.2 Å². The number of hydrogen-bond acceptors (Lipinski definition) is 4. The normalized spacial score (nSPS) is 13.6. The topological polar surface area (TPSA) is 67.2 Å². The molecule has 0 radical (unpaired) electrons. The van der Waals surface area contributed by atoms with Crippen molar-refractivity contribution in [2.24, 2.45) is 0 Å². The monoisotopic (exact) mass is 436 g/mol. The smallest absolute Gasteiger partial charge is 0.258 e. The van der Waals surface area contributed by atoms with E-state index in [0.717, 1.165) is 25.2 Å². The van der Waals surface area contributed by atoms with Crippen molar-refractivity contribution < 1.29 is 4.79 Å². The van der Waals surface area contributed by atoms with Crippen LogP contribution in [-0.2, 0) is 37.3 Å². The Hall–Kier alpha value is -2.96. The minimum absolute atomic E-state index is 0.0759. The number of amides is 1. The van der Waals surface area contributed by atoms with Crippen LogP contribution in [0.4, 0.5) is 5.69 Å². The number of rotatable bonds is 6. The number of fused-ring (bicyclic) bond motifs is 1. The molecule has 0 bridgehead atoms. The molecule has 1 amide bonds. The molecule has 1 aliphatic rings. The first-order valence-corrected chi connectivity index (χ1v) is 10.8. The van der Waals surface area contributed by atoms with Gasteiger partial charge in [0.25, 0.3) is 5.56 Å².